The minimum atomic E-state index is 0.512. The maximum absolute atomic E-state index is 3.62. The van der Waals surface area contributed by atoms with Crippen LogP contribution in [0.4, 0.5) is 0 Å². The van der Waals surface area contributed by atoms with Crippen LogP contribution in [0.5, 0.6) is 0 Å². The fourth-order valence-corrected chi connectivity index (χ4v) is 2.43. The minimum absolute atomic E-state index is 0.512. The van der Waals surface area contributed by atoms with Crippen LogP contribution in [0.2, 0.25) is 0 Å². The minimum Gasteiger partial charge on any atom is -0.310 e. The lowest BCUT2D eigenvalue weighted by molar-refractivity contribution is 0.448. The first-order chi connectivity index (χ1) is 9.08. The van der Waals surface area contributed by atoms with E-state index in [4.69, 9.17) is 0 Å². The predicted octanol–water partition coefficient (Wildman–Crippen LogP) is 5.29. The Bertz CT molecular complexity index is 339. The van der Waals surface area contributed by atoms with Gasteiger partial charge in [-0.15, -0.1) is 0 Å². The summed E-state index contributed by atoms with van der Waals surface area (Å²) in [7, 11) is 0. The van der Waals surface area contributed by atoms with Crippen molar-refractivity contribution in [3.8, 4) is 0 Å². The zero-order chi connectivity index (χ0) is 14.3. The zero-order valence-corrected chi connectivity index (χ0v) is 13.4. The molecule has 0 amide bonds. The summed E-state index contributed by atoms with van der Waals surface area (Å²) in [6.45, 7) is 12.4. The molecule has 1 nitrogen and oxygen atoms in total. The summed E-state index contributed by atoms with van der Waals surface area (Å²) in [5, 5.41) is 3.62. The molecule has 108 valence electrons. The van der Waals surface area contributed by atoms with Gasteiger partial charge in [0.25, 0.3) is 0 Å². The molecular formula is C18H31N. The highest BCUT2D eigenvalue weighted by Gasteiger charge is 2.11. The van der Waals surface area contributed by atoms with E-state index >= 15 is 0 Å². The van der Waals surface area contributed by atoms with Gasteiger partial charge in [0.15, 0.2) is 0 Å². The van der Waals surface area contributed by atoms with Crippen molar-refractivity contribution >= 4 is 0 Å². The second kappa shape index (κ2) is 8.37. The third-order valence-corrected chi connectivity index (χ3v) is 4.00. The van der Waals surface area contributed by atoms with E-state index in [1.165, 1.54) is 30.4 Å². The quantitative estimate of drug-likeness (QED) is 0.670. The summed E-state index contributed by atoms with van der Waals surface area (Å²) in [5.74, 6) is 1.45. The predicted molar refractivity (Wildman–Crippen MR) is 85.6 cm³/mol. The molecular weight excluding hydrogens is 230 g/mol. The molecule has 0 aliphatic carbocycles. The molecule has 2 atom stereocenters. The maximum atomic E-state index is 3.62. The van der Waals surface area contributed by atoms with E-state index in [9.17, 15) is 0 Å². The van der Waals surface area contributed by atoms with Crippen LogP contribution < -0.4 is 5.32 Å². The Morgan fingerprint density at radius 3 is 1.95 bits per heavy atom. The molecule has 0 aliphatic heterocycles. The van der Waals surface area contributed by atoms with Crippen LogP contribution in [0.15, 0.2) is 24.3 Å². The van der Waals surface area contributed by atoms with Crippen LogP contribution in [0.1, 0.15) is 77.0 Å². The topological polar surface area (TPSA) is 12.0 Å². The number of benzene rings is 1. The van der Waals surface area contributed by atoms with Gasteiger partial charge in [0.05, 0.1) is 0 Å². The molecule has 1 heteroatoms. The monoisotopic (exact) mass is 261 g/mol. The van der Waals surface area contributed by atoms with Crippen molar-refractivity contribution in [2.45, 2.75) is 65.8 Å². The molecule has 0 radical (unpaired) electrons. The molecule has 1 rings (SSSR count). The smallest absolute Gasteiger partial charge is 0.0320 e. The Labute approximate surface area is 119 Å². The van der Waals surface area contributed by atoms with Gasteiger partial charge in [-0.05, 0) is 48.8 Å². The summed E-state index contributed by atoms with van der Waals surface area (Å²) in [5.41, 5.74) is 2.90. The van der Waals surface area contributed by atoms with Crippen molar-refractivity contribution in [3.05, 3.63) is 35.4 Å². The average molecular weight is 261 g/mol. The first kappa shape index (κ1) is 16.2. The van der Waals surface area contributed by atoms with Crippen LogP contribution in [0.25, 0.3) is 0 Å². The third kappa shape index (κ3) is 5.36. The van der Waals surface area contributed by atoms with Gasteiger partial charge in [-0.25, -0.2) is 0 Å². The first-order valence-corrected chi connectivity index (χ1v) is 7.91. The standard InChI is InChI=1S/C18H31N/c1-6-15(5)16-9-11-17(12-10-16)18(19-7-2)13-8-14(3)4/h9-12,14-15,18-19H,6-8,13H2,1-5H3. The highest BCUT2D eigenvalue weighted by Crippen LogP contribution is 2.24. The van der Waals surface area contributed by atoms with E-state index in [1.54, 1.807) is 0 Å². The summed E-state index contributed by atoms with van der Waals surface area (Å²) >= 11 is 0. The Morgan fingerprint density at radius 2 is 1.47 bits per heavy atom. The largest absolute Gasteiger partial charge is 0.310 e. The summed E-state index contributed by atoms with van der Waals surface area (Å²) in [6.07, 6.45) is 3.72. The number of rotatable bonds is 8. The normalized spacial score (nSPS) is 14.6. The van der Waals surface area contributed by atoms with Crippen molar-refractivity contribution in [2.24, 2.45) is 5.92 Å². The molecule has 1 N–H and O–H groups in total. The van der Waals surface area contributed by atoms with E-state index in [0.29, 0.717) is 12.0 Å². The van der Waals surface area contributed by atoms with Gasteiger partial charge in [0, 0.05) is 6.04 Å². The van der Waals surface area contributed by atoms with Crippen LogP contribution in [0.3, 0.4) is 0 Å². The van der Waals surface area contributed by atoms with Gasteiger partial charge >= 0.3 is 0 Å². The van der Waals surface area contributed by atoms with Gasteiger partial charge in [-0.1, -0.05) is 58.9 Å². The molecule has 0 bridgehead atoms. The molecule has 0 spiro atoms. The fourth-order valence-electron chi connectivity index (χ4n) is 2.43. The molecule has 1 aromatic carbocycles. The second-order valence-corrected chi connectivity index (χ2v) is 6.06. The lowest BCUT2D eigenvalue weighted by Crippen LogP contribution is -2.21. The molecule has 0 aromatic heterocycles. The second-order valence-electron chi connectivity index (χ2n) is 6.06. The molecule has 1 aromatic rings. The fraction of sp³-hybridized carbons (Fsp3) is 0.667. The van der Waals surface area contributed by atoms with Crippen molar-refractivity contribution in [1.29, 1.82) is 0 Å². The van der Waals surface area contributed by atoms with Gasteiger partial charge in [-0.3, -0.25) is 0 Å². The SMILES string of the molecule is CCNC(CCC(C)C)c1ccc(C(C)CC)cc1. The van der Waals surface area contributed by atoms with Crippen molar-refractivity contribution in [3.63, 3.8) is 0 Å². The molecule has 0 aliphatic rings. The van der Waals surface area contributed by atoms with E-state index in [0.717, 1.165) is 12.5 Å². The number of nitrogens with one attached hydrogen (secondary N) is 1. The third-order valence-electron chi connectivity index (χ3n) is 4.00. The summed E-state index contributed by atoms with van der Waals surface area (Å²) in [6, 6.07) is 9.76. The Balaban J connectivity index is 2.73. The van der Waals surface area contributed by atoms with Crippen LogP contribution in [-0.4, -0.2) is 6.54 Å². The van der Waals surface area contributed by atoms with E-state index in [-0.39, 0.29) is 0 Å². The molecule has 0 fully saturated rings. The van der Waals surface area contributed by atoms with Gasteiger partial charge in [0.1, 0.15) is 0 Å². The highest BCUT2D eigenvalue weighted by molar-refractivity contribution is 5.27. The number of hydrogen-bond donors (Lipinski definition) is 1. The Hall–Kier alpha value is -0.820. The van der Waals surface area contributed by atoms with Gasteiger partial charge in [0.2, 0.25) is 0 Å². The Morgan fingerprint density at radius 1 is 0.895 bits per heavy atom. The average Bonchev–Trinajstić information content (AvgIpc) is 2.42. The van der Waals surface area contributed by atoms with Crippen LogP contribution in [-0.2, 0) is 0 Å². The molecule has 19 heavy (non-hydrogen) atoms. The lowest BCUT2D eigenvalue weighted by Gasteiger charge is -2.20. The zero-order valence-electron chi connectivity index (χ0n) is 13.4. The highest BCUT2D eigenvalue weighted by atomic mass is 14.9. The Kier molecular flexibility index (Phi) is 7.15. The van der Waals surface area contributed by atoms with E-state index in [1.807, 2.05) is 0 Å². The summed E-state index contributed by atoms with van der Waals surface area (Å²) in [4.78, 5) is 0. The molecule has 0 saturated carbocycles. The van der Waals surface area contributed by atoms with Crippen LogP contribution in [0, 0.1) is 5.92 Å². The van der Waals surface area contributed by atoms with Gasteiger partial charge in [-0.2, -0.15) is 0 Å². The van der Waals surface area contributed by atoms with E-state index < -0.39 is 0 Å². The molecule has 0 saturated heterocycles. The summed E-state index contributed by atoms with van der Waals surface area (Å²) < 4.78 is 0. The molecule has 2 unspecified atom stereocenters. The van der Waals surface area contributed by atoms with Crippen LogP contribution >= 0.6 is 0 Å². The molecule has 0 heterocycles. The van der Waals surface area contributed by atoms with Gasteiger partial charge < -0.3 is 5.32 Å². The number of hydrogen-bond acceptors (Lipinski definition) is 1. The van der Waals surface area contributed by atoms with Crippen molar-refractivity contribution < 1.29 is 0 Å². The maximum Gasteiger partial charge on any atom is 0.0320 e. The van der Waals surface area contributed by atoms with Crippen molar-refractivity contribution in [2.75, 3.05) is 6.54 Å². The van der Waals surface area contributed by atoms with Crippen molar-refractivity contribution in [1.82, 2.24) is 5.32 Å². The lowest BCUT2D eigenvalue weighted by atomic mass is 9.93. The first-order valence-electron chi connectivity index (χ1n) is 7.91. The van der Waals surface area contributed by atoms with E-state index in [2.05, 4.69) is 64.2 Å².